The molecular weight excluding hydrogens is 234 g/mol. The lowest BCUT2D eigenvalue weighted by Gasteiger charge is -1.98. The van der Waals surface area contributed by atoms with Crippen LogP contribution in [0.25, 0.3) is 10.1 Å². The van der Waals surface area contributed by atoms with Gasteiger partial charge >= 0.3 is 0 Å². The Morgan fingerprint density at radius 2 is 2.07 bits per heavy atom. The number of nitrogens with zero attached hydrogens (tertiary/aromatic N) is 1. The fraction of sp³-hybridized carbons (Fsp3) is 0.222. The Hall–Kier alpha value is -0.980. The molecule has 4 nitrogen and oxygen atoms in total. The first-order valence-electron chi connectivity index (χ1n) is 4.23. The van der Waals surface area contributed by atoms with Crippen molar-refractivity contribution < 1.29 is 13.0 Å². The van der Waals surface area contributed by atoms with Crippen LogP contribution < -0.4 is 0 Å². The Balaban J connectivity index is 3.02. The molecule has 1 N–H and O–H groups in total. The number of fused-ring (bicyclic) bond motifs is 1. The summed E-state index contributed by atoms with van der Waals surface area (Å²) in [5.41, 5.74) is 0.615. The summed E-state index contributed by atoms with van der Waals surface area (Å²) < 4.78 is 32.4. The van der Waals surface area contributed by atoms with E-state index in [1.54, 1.807) is 26.1 Å². The van der Waals surface area contributed by atoms with E-state index in [2.05, 4.69) is 4.98 Å². The van der Waals surface area contributed by atoms with E-state index < -0.39 is 10.1 Å². The van der Waals surface area contributed by atoms with Gasteiger partial charge in [0, 0.05) is 26.9 Å². The highest BCUT2D eigenvalue weighted by Crippen LogP contribution is 2.34. The normalized spacial score (nSPS) is 12.2. The number of aromatic nitrogens is 1. The minimum atomic E-state index is -4.17. The Kier molecular flexibility index (Phi) is 2.29. The Morgan fingerprint density at radius 1 is 1.40 bits per heavy atom. The standard InChI is InChI=1S/C9H9NO3S2/c1-5-8-7(3-4-10-5)14-6(2)9(8)15(11,12)13/h3-4H,1-2H3,(H,11,12,13). The van der Waals surface area contributed by atoms with Crippen molar-refractivity contribution in [2.45, 2.75) is 18.7 Å². The largest absolute Gasteiger partial charge is 0.296 e. The van der Waals surface area contributed by atoms with Gasteiger partial charge in [-0.15, -0.1) is 11.3 Å². The lowest BCUT2D eigenvalue weighted by Crippen LogP contribution is -1.99. The van der Waals surface area contributed by atoms with Crippen molar-refractivity contribution in [1.82, 2.24) is 4.98 Å². The van der Waals surface area contributed by atoms with Crippen molar-refractivity contribution in [3.05, 3.63) is 22.8 Å². The zero-order valence-electron chi connectivity index (χ0n) is 8.18. The number of pyridine rings is 1. The van der Waals surface area contributed by atoms with Gasteiger partial charge in [0.25, 0.3) is 10.1 Å². The molecule has 0 aliphatic rings. The monoisotopic (exact) mass is 243 g/mol. The molecular formula is C9H9NO3S2. The summed E-state index contributed by atoms with van der Waals surface area (Å²) in [6.45, 7) is 3.40. The fourth-order valence-corrected chi connectivity index (χ4v) is 3.99. The molecule has 0 aliphatic heterocycles. The summed E-state index contributed by atoms with van der Waals surface area (Å²) in [7, 11) is -4.17. The van der Waals surface area contributed by atoms with Crippen LogP contribution in [0.5, 0.6) is 0 Å². The van der Waals surface area contributed by atoms with Crippen LogP contribution in [0.2, 0.25) is 0 Å². The highest BCUT2D eigenvalue weighted by molar-refractivity contribution is 7.86. The van der Waals surface area contributed by atoms with E-state index >= 15 is 0 Å². The van der Waals surface area contributed by atoms with Crippen LogP contribution in [0, 0.1) is 13.8 Å². The van der Waals surface area contributed by atoms with Gasteiger partial charge in [-0.3, -0.25) is 9.54 Å². The number of aryl methyl sites for hydroxylation is 2. The summed E-state index contributed by atoms with van der Waals surface area (Å²) in [6, 6.07) is 1.74. The molecule has 15 heavy (non-hydrogen) atoms. The van der Waals surface area contributed by atoms with Gasteiger partial charge in [-0.25, -0.2) is 0 Å². The van der Waals surface area contributed by atoms with Crippen LogP contribution in [0.3, 0.4) is 0 Å². The van der Waals surface area contributed by atoms with Crippen molar-refractivity contribution in [2.24, 2.45) is 0 Å². The van der Waals surface area contributed by atoms with E-state index in [0.29, 0.717) is 16.0 Å². The molecule has 2 aromatic heterocycles. The maximum atomic E-state index is 11.2. The summed E-state index contributed by atoms with van der Waals surface area (Å²) in [5.74, 6) is 0. The molecule has 0 unspecified atom stereocenters. The van der Waals surface area contributed by atoms with Crippen LogP contribution in [0.1, 0.15) is 10.6 Å². The first-order chi connectivity index (χ1) is 6.91. The number of rotatable bonds is 1. The number of hydrogen-bond acceptors (Lipinski definition) is 4. The maximum absolute atomic E-state index is 11.2. The van der Waals surface area contributed by atoms with Gasteiger partial charge in [0.2, 0.25) is 0 Å². The van der Waals surface area contributed by atoms with Gasteiger partial charge < -0.3 is 0 Å². The quantitative estimate of drug-likeness (QED) is 0.779. The van der Waals surface area contributed by atoms with E-state index in [1.165, 1.54) is 11.3 Å². The van der Waals surface area contributed by atoms with Gasteiger partial charge in [0.05, 0.1) is 0 Å². The first kappa shape index (κ1) is 10.5. The van der Waals surface area contributed by atoms with E-state index in [4.69, 9.17) is 4.55 Å². The molecule has 0 bridgehead atoms. The third-order valence-corrected chi connectivity index (χ3v) is 4.40. The molecule has 0 atom stereocenters. The minimum absolute atomic E-state index is 0.00639. The van der Waals surface area contributed by atoms with Gasteiger partial charge in [-0.05, 0) is 19.9 Å². The minimum Gasteiger partial charge on any atom is -0.282 e. The lowest BCUT2D eigenvalue weighted by atomic mass is 10.2. The van der Waals surface area contributed by atoms with E-state index in [-0.39, 0.29) is 4.90 Å². The van der Waals surface area contributed by atoms with E-state index in [9.17, 15) is 8.42 Å². The number of thiophene rings is 1. The van der Waals surface area contributed by atoms with Crippen LogP contribution >= 0.6 is 11.3 Å². The SMILES string of the molecule is Cc1sc2ccnc(C)c2c1S(=O)(=O)O. The average molecular weight is 243 g/mol. The van der Waals surface area contributed by atoms with Crippen LogP contribution in [-0.4, -0.2) is 18.0 Å². The van der Waals surface area contributed by atoms with Crippen molar-refractivity contribution in [3.63, 3.8) is 0 Å². The average Bonchev–Trinajstić information content (AvgIpc) is 2.41. The second-order valence-corrected chi connectivity index (χ2v) is 5.85. The molecule has 0 spiro atoms. The van der Waals surface area contributed by atoms with Crippen molar-refractivity contribution >= 4 is 31.5 Å². The topological polar surface area (TPSA) is 67.3 Å². The highest BCUT2D eigenvalue weighted by Gasteiger charge is 2.21. The van der Waals surface area contributed by atoms with Crippen LogP contribution in [0.4, 0.5) is 0 Å². The zero-order chi connectivity index (χ0) is 11.2. The fourth-order valence-electron chi connectivity index (χ4n) is 1.60. The molecule has 0 amide bonds. The predicted molar refractivity (Wildman–Crippen MR) is 58.9 cm³/mol. The van der Waals surface area contributed by atoms with Crippen LogP contribution in [-0.2, 0) is 10.1 Å². The summed E-state index contributed by atoms with van der Waals surface area (Å²) in [6.07, 6.45) is 1.63. The molecule has 0 aliphatic carbocycles. The van der Waals surface area contributed by atoms with Gasteiger partial charge in [-0.2, -0.15) is 8.42 Å². The Bertz CT molecular complexity index is 628. The van der Waals surface area contributed by atoms with E-state index in [0.717, 1.165) is 4.70 Å². The molecule has 0 fully saturated rings. The van der Waals surface area contributed by atoms with Gasteiger partial charge in [0.15, 0.2) is 0 Å². The highest BCUT2D eigenvalue weighted by atomic mass is 32.2. The lowest BCUT2D eigenvalue weighted by molar-refractivity contribution is 0.484. The molecule has 0 radical (unpaired) electrons. The summed E-state index contributed by atoms with van der Waals surface area (Å²) in [5, 5.41) is 0.530. The number of hydrogen-bond donors (Lipinski definition) is 1. The molecule has 2 aromatic rings. The molecule has 80 valence electrons. The predicted octanol–water partition coefficient (Wildman–Crippen LogP) is 2.16. The molecule has 0 saturated heterocycles. The smallest absolute Gasteiger partial charge is 0.282 e. The van der Waals surface area contributed by atoms with Gasteiger partial charge in [-0.1, -0.05) is 0 Å². The molecule has 2 rings (SSSR count). The van der Waals surface area contributed by atoms with Gasteiger partial charge in [0.1, 0.15) is 4.90 Å². The second kappa shape index (κ2) is 3.26. The first-order valence-corrected chi connectivity index (χ1v) is 6.49. The summed E-state index contributed by atoms with van der Waals surface area (Å²) >= 11 is 1.34. The third kappa shape index (κ3) is 1.64. The molecule has 0 aromatic carbocycles. The Morgan fingerprint density at radius 3 is 2.67 bits per heavy atom. The Labute approximate surface area is 91.3 Å². The van der Waals surface area contributed by atoms with Crippen LogP contribution in [0.15, 0.2) is 17.2 Å². The van der Waals surface area contributed by atoms with E-state index in [1.807, 2.05) is 0 Å². The van der Waals surface area contributed by atoms with Crippen molar-refractivity contribution in [1.29, 1.82) is 0 Å². The maximum Gasteiger partial charge on any atom is 0.296 e. The summed E-state index contributed by atoms with van der Waals surface area (Å²) in [4.78, 5) is 4.61. The third-order valence-electron chi connectivity index (χ3n) is 2.17. The molecule has 6 heteroatoms. The van der Waals surface area contributed by atoms with Crippen molar-refractivity contribution in [3.8, 4) is 0 Å². The molecule has 2 heterocycles. The zero-order valence-corrected chi connectivity index (χ0v) is 9.82. The van der Waals surface area contributed by atoms with Crippen molar-refractivity contribution in [2.75, 3.05) is 0 Å². The molecule has 0 saturated carbocycles. The second-order valence-electron chi connectivity index (χ2n) is 3.23.